The van der Waals surface area contributed by atoms with Crippen molar-refractivity contribution in [2.45, 2.75) is 44.1 Å². The van der Waals surface area contributed by atoms with Gasteiger partial charge in [-0.2, -0.15) is 0 Å². The molecule has 1 aromatic carbocycles. The second-order valence-electron chi connectivity index (χ2n) is 7.71. The summed E-state index contributed by atoms with van der Waals surface area (Å²) in [6.07, 6.45) is -7.47. The molecule has 1 aliphatic heterocycles. The fourth-order valence-electron chi connectivity index (χ4n) is 3.66. The van der Waals surface area contributed by atoms with Crippen LogP contribution in [0.15, 0.2) is 22.6 Å². The smallest absolute Gasteiger partial charge is 0.309 e. The number of halogens is 1. The third-order valence-corrected chi connectivity index (χ3v) is 5.81. The number of aliphatic hydroxyl groups excluding tert-OH is 4. The highest BCUT2D eigenvalue weighted by molar-refractivity contribution is 6.35. The molecule has 0 spiro atoms. The summed E-state index contributed by atoms with van der Waals surface area (Å²) in [7, 11) is 0. The van der Waals surface area contributed by atoms with Crippen LogP contribution in [0.5, 0.6) is 0 Å². The average Bonchev–Trinajstić information content (AvgIpc) is 3.42. The van der Waals surface area contributed by atoms with E-state index in [0.717, 1.165) is 0 Å². The molecule has 9 nitrogen and oxygen atoms in total. The van der Waals surface area contributed by atoms with E-state index in [4.69, 9.17) is 25.5 Å². The van der Waals surface area contributed by atoms with Crippen molar-refractivity contribution >= 4 is 34.3 Å². The zero-order chi connectivity index (χ0) is 21.7. The van der Waals surface area contributed by atoms with Crippen molar-refractivity contribution in [2.24, 2.45) is 11.8 Å². The molecule has 0 radical (unpaired) electrons. The third-order valence-electron chi connectivity index (χ3n) is 5.50. The molecule has 1 aliphatic carbocycles. The molecule has 1 aromatic heterocycles. The van der Waals surface area contributed by atoms with Crippen LogP contribution in [-0.4, -0.2) is 69.5 Å². The van der Waals surface area contributed by atoms with Crippen LogP contribution in [0.3, 0.4) is 0 Å². The highest BCUT2D eigenvalue weighted by atomic mass is 35.5. The molecule has 7 unspecified atom stereocenters. The lowest BCUT2D eigenvalue weighted by molar-refractivity contribution is -0.287. The second kappa shape index (κ2) is 7.92. The summed E-state index contributed by atoms with van der Waals surface area (Å²) in [4.78, 5) is 25.0. The van der Waals surface area contributed by atoms with E-state index in [-0.39, 0.29) is 5.78 Å². The summed E-state index contributed by atoms with van der Waals surface area (Å²) < 4.78 is 15.6. The number of ether oxygens (including phenoxy) is 2. The number of carbonyl (C=O) groups excluding carboxylic acids is 2. The van der Waals surface area contributed by atoms with Crippen molar-refractivity contribution < 1.29 is 43.9 Å². The SMILES string of the molecule is Cc1cc2c(Cl)cc(C(=O)C3CC3C(=O)OCC3OC(O)C(O)C(O)C3O)cc2o1. The van der Waals surface area contributed by atoms with Crippen LogP contribution in [0.1, 0.15) is 22.5 Å². The zero-order valence-electron chi connectivity index (χ0n) is 15.9. The predicted molar refractivity (Wildman–Crippen MR) is 102 cm³/mol. The molecular weight excluding hydrogens is 420 g/mol. The van der Waals surface area contributed by atoms with Gasteiger partial charge in [-0.1, -0.05) is 11.6 Å². The minimum Gasteiger partial charge on any atom is -0.463 e. The van der Waals surface area contributed by atoms with Crippen molar-refractivity contribution in [1.82, 2.24) is 0 Å². The summed E-state index contributed by atoms with van der Waals surface area (Å²) in [6.45, 7) is 1.33. The van der Waals surface area contributed by atoms with Gasteiger partial charge in [0, 0.05) is 16.9 Å². The number of Topliss-reactive ketones (excluding diaryl/α,β-unsaturated/α-hetero) is 1. The normalized spacial score (nSPS) is 33.5. The van der Waals surface area contributed by atoms with E-state index in [1.54, 1.807) is 25.1 Å². The molecule has 7 atom stereocenters. The van der Waals surface area contributed by atoms with Gasteiger partial charge in [-0.05, 0) is 31.5 Å². The monoisotopic (exact) mass is 440 g/mol. The van der Waals surface area contributed by atoms with Crippen LogP contribution < -0.4 is 0 Å². The van der Waals surface area contributed by atoms with Crippen LogP contribution >= 0.6 is 11.6 Å². The Morgan fingerprint density at radius 2 is 1.83 bits per heavy atom. The summed E-state index contributed by atoms with van der Waals surface area (Å²) >= 11 is 6.23. The number of hydrogen-bond acceptors (Lipinski definition) is 9. The minimum absolute atomic E-state index is 0.252. The summed E-state index contributed by atoms with van der Waals surface area (Å²) in [5, 5.41) is 39.6. The molecule has 10 heteroatoms. The van der Waals surface area contributed by atoms with E-state index in [1.807, 2.05) is 0 Å². The molecule has 1 saturated carbocycles. The van der Waals surface area contributed by atoms with E-state index >= 15 is 0 Å². The molecular formula is C20H21ClO9. The van der Waals surface area contributed by atoms with E-state index in [9.17, 15) is 30.0 Å². The zero-order valence-corrected chi connectivity index (χ0v) is 16.7. The Kier molecular flexibility index (Phi) is 5.60. The molecule has 2 aromatic rings. The van der Waals surface area contributed by atoms with Crippen LogP contribution in [0.4, 0.5) is 0 Å². The quantitative estimate of drug-likeness (QED) is 0.386. The van der Waals surface area contributed by atoms with Crippen molar-refractivity contribution in [2.75, 3.05) is 6.61 Å². The van der Waals surface area contributed by atoms with Crippen molar-refractivity contribution in [3.63, 3.8) is 0 Å². The number of rotatable bonds is 5. The Bertz CT molecular complexity index is 986. The molecule has 2 heterocycles. The fourth-order valence-corrected chi connectivity index (χ4v) is 3.93. The number of esters is 1. The largest absolute Gasteiger partial charge is 0.463 e. The third kappa shape index (κ3) is 3.84. The second-order valence-corrected chi connectivity index (χ2v) is 8.11. The summed E-state index contributed by atoms with van der Waals surface area (Å²) in [5.74, 6) is -1.44. The fraction of sp³-hybridized carbons (Fsp3) is 0.500. The summed E-state index contributed by atoms with van der Waals surface area (Å²) in [5.41, 5.74) is 0.833. The number of ketones is 1. The Balaban J connectivity index is 1.36. The van der Waals surface area contributed by atoms with Crippen molar-refractivity contribution in [3.8, 4) is 0 Å². The molecule has 0 amide bonds. The number of carbonyl (C=O) groups is 2. The highest BCUT2D eigenvalue weighted by Gasteiger charge is 2.50. The molecule has 4 rings (SSSR count). The summed E-state index contributed by atoms with van der Waals surface area (Å²) in [6, 6.07) is 4.91. The van der Waals surface area contributed by atoms with Gasteiger partial charge in [-0.15, -0.1) is 0 Å². The van der Waals surface area contributed by atoms with Gasteiger partial charge in [0.2, 0.25) is 0 Å². The number of hydrogen-bond donors (Lipinski definition) is 4. The van der Waals surface area contributed by atoms with Gasteiger partial charge in [-0.3, -0.25) is 9.59 Å². The molecule has 2 aliphatic rings. The topological polar surface area (TPSA) is 147 Å². The van der Waals surface area contributed by atoms with Crippen molar-refractivity contribution in [3.05, 3.63) is 34.5 Å². The number of fused-ring (bicyclic) bond motifs is 1. The first-order valence-electron chi connectivity index (χ1n) is 9.45. The lowest BCUT2D eigenvalue weighted by atomic mass is 9.99. The van der Waals surface area contributed by atoms with Gasteiger partial charge in [-0.25, -0.2) is 0 Å². The maximum atomic E-state index is 12.7. The number of aryl methyl sites for hydroxylation is 1. The van der Waals surface area contributed by atoms with Crippen LogP contribution in [0.25, 0.3) is 11.0 Å². The molecule has 2 fully saturated rings. The Morgan fingerprint density at radius 1 is 1.10 bits per heavy atom. The first-order valence-corrected chi connectivity index (χ1v) is 9.83. The molecule has 30 heavy (non-hydrogen) atoms. The highest BCUT2D eigenvalue weighted by Crippen LogP contribution is 2.43. The molecule has 1 saturated heterocycles. The van der Waals surface area contributed by atoms with Gasteiger partial charge in [0.25, 0.3) is 0 Å². The van der Waals surface area contributed by atoms with Gasteiger partial charge in [0.05, 0.1) is 10.9 Å². The van der Waals surface area contributed by atoms with Crippen molar-refractivity contribution in [1.29, 1.82) is 0 Å². The average molecular weight is 441 g/mol. The van der Waals surface area contributed by atoms with Gasteiger partial charge >= 0.3 is 5.97 Å². The molecule has 4 N–H and O–H groups in total. The Labute approximate surface area is 175 Å². The standard InChI is InChI=1S/C20H21ClO9/c1-7-2-11-12(21)3-8(4-13(11)29-7)15(22)9-5-10(9)19(26)28-6-14-16(23)17(24)18(25)20(27)30-14/h2-4,9-10,14,16-18,20,23-25,27H,5-6H2,1H3. The van der Waals surface area contributed by atoms with Crippen LogP contribution in [0, 0.1) is 18.8 Å². The number of furan rings is 1. The lowest BCUT2D eigenvalue weighted by Crippen LogP contribution is -2.58. The Morgan fingerprint density at radius 3 is 2.57 bits per heavy atom. The number of benzene rings is 1. The van der Waals surface area contributed by atoms with Crippen LogP contribution in [-0.2, 0) is 14.3 Å². The minimum atomic E-state index is -1.72. The number of aliphatic hydroxyl groups is 4. The van der Waals surface area contributed by atoms with E-state index in [0.29, 0.717) is 33.7 Å². The van der Waals surface area contributed by atoms with E-state index < -0.39 is 55.1 Å². The van der Waals surface area contributed by atoms with Crippen LogP contribution in [0.2, 0.25) is 5.02 Å². The maximum Gasteiger partial charge on any atom is 0.309 e. The lowest BCUT2D eigenvalue weighted by Gasteiger charge is -2.37. The molecule has 162 valence electrons. The first-order chi connectivity index (χ1) is 14.2. The van der Waals surface area contributed by atoms with E-state index in [2.05, 4.69) is 0 Å². The van der Waals surface area contributed by atoms with E-state index in [1.165, 1.54) is 0 Å². The first kappa shape index (κ1) is 21.2. The maximum absolute atomic E-state index is 12.7. The molecule has 0 bridgehead atoms. The Hall–Kier alpha value is -2.01. The van der Waals surface area contributed by atoms with Gasteiger partial charge in [0.15, 0.2) is 12.1 Å². The van der Waals surface area contributed by atoms with Gasteiger partial charge in [0.1, 0.15) is 42.4 Å². The predicted octanol–water partition coefficient (Wildman–Crippen LogP) is 0.557. The van der Waals surface area contributed by atoms with Gasteiger partial charge < -0.3 is 34.3 Å².